The lowest BCUT2D eigenvalue weighted by Gasteiger charge is -2.19. The summed E-state index contributed by atoms with van der Waals surface area (Å²) in [4.78, 5) is 30.9. The number of aromatic nitrogens is 2. The van der Waals surface area contributed by atoms with Crippen molar-refractivity contribution in [3.05, 3.63) is 64.8 Å². The van der Waals surface area contributed by atoms with Crippen LogP contribution in [0, 0.1) is 13.8 Å². The summed E-state index contributed by atoms with van der Waals surface area (Å²) in [5.41, 5.74) is 4.82. The highest BCUT2D eigenvalue weighted by Gasteiger charge is 2.18. The number of aryl methyl sites for hydroxylation is 2. The molecule has 0 saturated heterocycles. The van der Waals surface area contributed by atoms with Crippen LogP contribution in [-0.4, -0.2) is 39.4 Å². The molecule has 1 aromatic heterocycles. The van der Waals surface area contributed by atoms with E-state index in [0.29, 0.717) is 29.6 Å². The lowest BCUT2D eigenvalue weighted by molar-refractivity contribution is -0.134. The van der Waals surface area contributed by atoms with Crippen LogP contribution in [-0.2, 0) is 9.59 Å². The predicted octanol–water partition coefficient (Wildman–Crippen LogP) is 5.01. The molecular formula is C24H27ClN4O2. The molecule has 0 atom stereocenters. The van der Waals surface area contributed by atoms with Gasteiger partial charge in [-0.3, -0.25) is 19.5 Å². The minimum absolute atomic E-state index is 0.0146. The monoisotopic (exact) mass is 438 g/mol. The van der Waals surface area contributed by atoms with Gasteiger partial charge in [0.15, 0.2) is 0 Å². The minimum Gasteiger partial charge on any atom is -0.334 e. The highest BCUT2D eigenvalue weighted by atomic mass is 35.5. The van der Waals surface area contributed by atoms with E-state index >= 15 is 0 Å². The van der Waals surface area contributed by atoms with Gasteiger partial charge < -0.3 is 4.90 Å². The highest BCUT2D eigenvalue weighted by Crippen LogP contribution is 2.26. The second kappa shape index (κ2) is 9.79. The molecule has 0 unspecified atom stereocenters. The Kier molecular flexibility index (Phi) is 7.13. The van der Waals surface area contributed by atoms with Gasteiger partial charge in [-0.05, 0) is 56.2 Å². The van der Waals surface area contributed by atoms with Gasteiger partial charge in [0.05, 0.1) is 12.2 Å². The van der Waals surface area contributed by atoms with Crippen molar-refractivity contribution in [2.45, 2.75) is 34.1 Å². The Morgan fingerprint density at radius 2 is 1.77 bits per heavy atom. The maximum Gasteiger partial charge on any atom is 0.246 e. The summed E-state index contributed by atoms with van der Waals surface area (Å²) in [5.74, 6) is 0.0530. The van der Waals surface area contributed by atoms with E-state index < -0.39 is 0 Å². The Hall–Kier alpha value is -3.12. The molecule has 0 saturated carbocycles. The average molecular weight is 439 g/mol. The Morgan fingerprint density at radius 3 is 2.39 bits per heavy atom. The Morgan fingerprint density at radius 1 is 1.06 bits per heavy atom. The summed E-state index contributed by atoms with van der Waals surface area (Å²) < 4.78 is 1.85. The fourth-order valence-corrected chi connectivity index (χ4v) is 3.36. The molecule has 0 radical (unpaired) electrons. The minimum atomic E-state index is -0.290. The number of benzene rings is 2. The van der Waals surface area contributed by atoms with E-state index in [1.54, 1.807) is 19.1 Å². The van der Waals surface area contributed by atoms with Crippen molar-refractivity contribution in [1.82, 2.24) is 14.5 Å². The molecule has 2 aromatic carbocycles. The van der Waals surface area contributed by atoms with Crippen LogP contribution >= 0.6 is 11.6 Å². The van der Waals surface area contributed by atoms with Crippen LogP contribution in [0.25, 0.3) is 16.9 Å². The van der Waals surface area contributed by atoms with Crippen LogP contribution in [0.3, 0.4) is 0 Å². The van der Waals surface area contributed by atoms with Crippen LogP contribution < -0.4 is 5.32 Å². The van der Waals surface area contributed by atoms with Gasteiger partial charge in [0, 0.05) is 35.4 Å². The number of amides is 2. The van der Waals surface area contributed by atoms with Crippen molar-refractivity contribution < 1.29 is 9.59 Å². The van der Waals surface area contributed by atoms with E-state index in [0.717, 1.165) is 16.8 Å². The molecule has 3 aromatic rings. The number of carbonyl (C=O) groups is 2. The number of likely N-dealkylation sites (N-methyl/N-ethyl adjacent to an activating group) is 1. The third-order valence-corrected chi connectivity index (χ3v) is 5.49. The van der Waals surface area contributed by atoms with Crippen molar-refractivity contribution in [3.63, 3.8) is 0 Å². The van der Waals surface area contributed by atoms with Gasteiger partial charge in [-0.2, -0.15) is 0 Å². The highest BCUT2D eigenvalue weighted by molar-refractivity contribution is 6.30. The zero-order valence-electron chi connectivity index (χ0n) is 18.3. The van der Waals surface area contributed by atoms with Gasteiger partial charge in [0.2, 0.25) is 17.8 Å². The van der Waals surface area contributed by atoms with Gasteiger partial charge in [0.1, 0.15) is 0 Å². The number of nitrogens with zero attached hydrogens (tertiary/aromatic N) is 3. The summed E-state index contributed by atoms with van der Waals surface area (Å²) in [6, 6.07) is 13.5. The van der Waals surface area contributed by atoms with E-state index in [4.69, 9.17) is 11.6 Å². The van der Waals surface area contributed by atoms with Crippen LogP contribution in [0.1, 0.15) is 31.4 Å². The second-order valence-corrected chi connectivity index (χ2v) is 7.84. The zero-order valence-corrected chi connectivity index (χ0v) is 19.0. The fourth-order valence-electron chi connectivity index (χ4n) is 3.24. The number of nitrogens with one attached hydrogen (secondary N) is 1. The number of anilines is 1. The number of halogens is 1. The van der Waals surface area contributed by atoms with Crippen LogP contribution in [0.4, 0.5) is 5.95 Å². The first-order valence-corrected chi connectivity index (χ1v) is 10.7. The SMILES string of the molecule is CCC(=O)N(CC)CC(=O)Nc1nc(-c2ccc(Cl)cc2)cn1-c1ccc(C)c(C)c1. The number of carbonyl (C=O) groups excluding carboxylic acids is 2. The standard InChI is InChI=1S/C24H27ClN4O2/c1-5-23(31)28(6-2)15-22(30)27-24-26-21(18-8-10-19(25)11-9-18)14-29(24)20-12-7-16(3)17(4)13-20/h7-14H,5-6,15H2,1-4H3,(H,26,27,30). The van der Waals surface area contributed by atoms with Crippen molar-refractivity contribution in [2.75, 3.05) is 18.4 Å². The van der Waals surface area contributed by atoms with Gasteiger partial charge in [0.25, 0.3) is 0 Å². The van der Waals surface area contributed by atoms with Gasteiger partial charge in [-0.15, -0.1) is 0 Å². The Bertz CT molecular complexity index is 1090. The molecule has 0 aliphatic heterocycles. The predicted molar refractivity (Wildman–Crippen MR) is 125 cm³/mol. The summed E-state index contributed by atoms with van der Waals surface area (Å²) in [6.07, 6.45) is 2.25. The smallest absolute Gasteiger partial charge is 0.246 e. The largest absolute Gasteiger partial charge is 0.334 e. The van der Waals surface area contributed by atoms with Gasteiger partial charge in [-0.25, -0.2) is 4.98 Å². The molecule has 7 heteroatoms. The number of hydrogen-bond donors (Lipinski definition) is 1. The first-order valence-electron chi connectivity index (χ1n) is 10.3. The average Bonchev–Trinajstić information content (AvgIpc) is 3.17. The van der Waals surface area contributed by atoms with Crippen molar-refractivity contribution in [2.24, 2.45) is 0 Å². The zero-order chi connectivity index (χ0) is 22.5. The van der Waals surface area contributed by atoms with E-state index in [1.807, 2.05) is 48.9 Å². The quantitative estimate of drug-likeness (QED) is 0.564. The third-order valence-electron chi connectivity index (χ3n) is 5.24. The maximum absolute atomic E-state index is 12.7. The summed E-state index contributed by atoms with van der Waals surface area (Å²) in [5, 5.41) is 3.53. The summed E-state index contributed by atoms with van der Waals surface area (Å²) in [6.45, 7) is 8.20. The van der Waals surface area contributed by atoms with Gasteiger partial charge >= 0.3 is 0 Å². The molecule has 0 aliphatic rings. The molecule has 0 aliphatic carbocycles. The van der Waals surface area contributed by atoms with E-state index in [1.165, 1.54) is 10.5 Å². The first-order chi connectivity index (χ1) is 14.8. The summed E-state index contributed by atoms with van der Waals surface area (Å²) >= 11 is 6.02. The number of rotatable bonds is 7. The maximum atomic E-state index is 12.7. The Balaban J connectivity index is 1.96. The molecule has 1 N–H and O–H groups in total. The third kappa shape index (κ3) is 5.33. The lowest BCUT2D eigenvalue weighted by atomic mass is 10.1. The molecule has 1 heterocycles. The molecule has 0 fully saturated rings. The van der Waals surface area contributed by atoms with Crippen molar-refractivity contribution in [1.29, 1.82) is 0 Å². The molecule has 2 amide bonds. The normalized spacial score (nSPS) is 10.7. The second-order valence-electron chi connectivity index (χ2n) is 7.40. The first kappa shape index (κ1) is 22.6. The van der Waals surface area contributed by atoms with Crippen LogP contribution in [0.2, 0.25) is 5.02 Å². The Labute approximate surface area is 187 Å². The van der Waals surface area contributed by atoms with Crippen molar-refractivity contribution >= 4 is 29.4 Å². The van der Waals surface area contributed by atoms with Crippen LogP contribution in [0.5, 0.6) is 0 Å². The van der Waals surface area contributed by atoms with Crippen LogP contribution in [0.15, 0.2) is 48.7 Å². The fraction of sp³-hybridized carbons (Fsp3) is 0.292. The molecule has 6 nitrogen and oxygen atoms in total. The van der Waals surface area contributed by atoms with E-state index in [-0.39, 0.29) is 18.4 Å². The molecule has 162 valence electrons. The topological polar surface area (TPSA) is 67.2 Å². The van der Waals surface area contributed by atoms with E-state index in [2.05, 4.69) is 23.3 Å². The molecule has 0 bridgehead atoms. The van der Waals surface area contributed by atoms with Crippen molar-refractivity contribution in [3.8, 4) is 16.9 Å². The van der Waals surface area contributed by atoms with E-state index in [9.17, 15) is 9.59 Å². The number of hydrogen-bond acceptors (Lipinski definition) is 3. The molecule has 31 heavy (non-hydrogen) atoms. The van der Waals surface area contributed by atoms with Gasteiger partial charge in [-0.1, -0.05) is 36.7 Å². The summed E-state index contributed by atoms with van der Waals surface area (Å²) in [7, 11) is 0. The molecule has 3 rings (SSSR count). The molecular weight excluding hydrogens is 412 g/mol. The lowest BCUT2D eigenvalue weighted by Crippen LogP contribution is -2.37. The number of imidazole rings is 1. The molecule has 0 spiro atoms.